The highest BCUT2D eigenvalue weighted by Gasteiger charge is 2.43. The van der Waals surface area contributed by atoms with Crippen LogP contribution in [0.3, 0.4) is 0 Å². The van der Waals surface area contributed by atoms with Crippen LogP contribution in [0.4, 0.5) is 0 Å². The fourth-order valence-electron chi connectivity index (χ4n) is 4.63. The Kier molecular flexibility index (Phi) is 3.84. The van der Waals surface area contributed by atoms with E-state index in [0.717, 1.165) is 24.8 Å². The zero-order valence-electron chi connectivity index (χ0n) is 12.3. The number of rotatable bonds is 2. The van der Waals surface area contributed by atoms with Gasteiger partial charge >= 0.3 is 0 Å². The maximum absolute atomic E-state index is 12.5. The molecule has 0 aromatic rings. The quantitative estimate of drug-likeness (QED) is 0.803. The van der Waals surface area contributed by atoms with E-state index < -0.39 is 0 Å². The Morgan fingerprint density at radius 1 is 1.16 bits per heavy atom. The molecule has 3 nitrogen and oxygen atoms in total. The predicted molar refractivity (Wildman–Crippen MR) is 76.7 cm³/mol. The summed E-state index contributed by atoms with van der Waals surface area (Å²) in [6, 6.07) is 0.505. The summed E-state index contributed by atoms with van der Waals surface area (Å²) in [5.74, 6) is 3.11. The lowest BCUT2D eigenvalue weighted by Gasteiger charge is -2.34. The van der Waals surface area contributed by atoms with Crippen LogP contribution in [-0.2, 0) is 4.79 Å². The summed E-state index contributed by atoms with van der Waals surface area (Å²) >= 11 is 0. The highest BCUT2D eigenvalue weighted by molar-refractivity contribution is 5.83. The van der Waals surface area contributed by atoms with Gasteiger partial charge in [0.2, 0.25) is 5.91 Å². The zero-order valence-corrected chi connectivity index (χ0v) is 12.3. The second kappa shape index (κ2) is 5.43. The lowest BCUT2D eigenvalue weighted by Crippen LogP contribution is -2.50. The molecule has 1 aliphatic heterocycles. The molecule has 0 spiro atoms. The van der Waals surface area contributed by atoms with E-state index in [4.69, 9.17) is 0 Å². The minimum absolute atomic E-state index is 0.0963. The normalized spacial score (nSPS) is 46.0. The first-order chi connectivity index (χ1) is 9.15. The summed E-state index contributed by atoms with van der Waals surface area (Å²) in [6.45, 7) is 5.68. The highest BCUT2D eigenvalue weighted by Crippen LogP contribution is 2.38. The molecule has 3 aliphatic rings. The molecular weight excluding hydrogens is 236 g/mol. The third kappa shape index (κ3) is 2.67. The average Bonchev–Trinajstić information content (AvgIpc) is 2.94. The van der Waals surface area contributed by atoms with Crippen molar-refractivity contribution in [2.45, 2.75) is 64.5 Å². The van der Waals surface area contributed by atoms with E-state index in [1.54, 1.807) is 0 Å². The summed E-state index contributed by atoms with van der Waals surface area (Å²) in [7, 11) is 0. The van der Waals surface area contributed by atoms with Crippen molar-refractivity contribution < 1.29 is 4.79 Å². The smallest absolute Gasteiger partial charge is 0.237 e. The van der Waals surface area contributed by atoms with Gasteiger partial charge < -0.3 is 10.6 Å². The van der Waals surface area contributed by atoms with Gasteiger partial charge in [0.15, 0.2) is 0 Å². The first-order valence-corrected chi connectivity index (χ1v) is 8.19. The third-order valence-corrected chi connectivity index (χ3v) is 5.79. The Balaban J connectivity index is 1.56. The van der Waals surface area contributed by atoms with Crippen LogP contribution in [0.5, 0.6) is 0 Å². The molecule has 3 heteroatoms. The maximum Gasteiger partial charge on any atom is 0.237 e. The summed E-state index contributed by atoms with van der Waals surface area (Å²) in [5.41, 5.74) is 0. The molecule has 3 rings (SSSR count). The highest BCUT2D eigenvalue weighted by atomic mass is 16.2. The lowest BCUT2D eigenvalue weighted by molar-refractivity contribution is -0.125. The summed E-state index contributed by atoms with van der Waals surface area (Å²) in [6.07, 6.45) is 7.56. The Morgan fingerprint density at radius 3 is 2.79 bits per heavy atom. The SMILES string of the molecule is CC1CCC(NC(=O)C2NCC3CCCC32)C(C)C1. The first-order valence-electron chi connectivity index (χ1n) is 8.19. The molecule has 2 aliphatic carbocycles. The van der Waals surface area contributed by atoms with Gasteiger partial charge in [-0.15, -0.1) is 0 Å². The van der Waals surface area contributed by atoms with Crippen LogP contribution in [0.15, 0.2) is 0 Å². The minimum Gasteiger partial charge on any atom is -0.352 e. The molecule has 1 amide bonds. The molecule has 2 saturated carbocycles. The van der Waals surface area contributed by atoms with Crippen molar-refractivity contribution in [1.82, 2.24) is 10.6 Å². The number of carbonyl (C=O) groups is 1. The van der Waals surface area contributed by atoms with E-state index in [1.807, 2.05) is 0 Å². The van der Waals surface area contributed by atoms with E-state index in [-0.39, 0.29) is 11.9 Å². The lowest BCUT2D eigenvalue weighted by atomic mass is 9.79. The van der Waals surface area contributed by atoms with Crippen molar-refractivity contribution in [3.63, 3.8) is 0 Å². The van der Waals surface area contributed by atoms with Gasteiger partial charge in [-0.3, -0.25) is 4.79 Å². The number of fused-ring (bicyclic) bond motifs is 1. The minimum atomic E-state index is 0.0963. The van der Waals surface area contributed by atoms with Gasteiger partial charge in [-0.2, -0.15) is 0 Å². The van der Waals surface area contributed by atoms with Crippen LogP contribution in [0, 0.1) is 23.7 Å². The number of carbonyl (C=O) groups excluding carboxylic acids is 1. The van der Waals surface area contributed by atoms with Crippen molar-refractivity contribution in [1.29, 1.82) is 0 Å². The Bertz CT molecular complexity index is 344. The van der Waals surface area contributed by atoms with Crippen molar-refractivity contribution in [2.24, 2.45) is 23.7 Å². The maximum atomic E-state index is 12.5. The molecule has 1 heterocycles. The first kappa shape index (κ1) is 13.4. The van der Waals surface area contributed by atoms with Gasteiger partial charge in [0.1, 0.15) is 0 Å². The summed E-state index contributed by atoms with van der Waals surface area (Å²) in [4.78, 5) is 12.5. The van der Waals surface area contributed by atoms with Crippen LogP contribution in [0.1, 0.15) is 52.4 Å². The molecule has 6 atom stereocenters. The standard InChI is InChI=1S/C16H28N2O/c1-10-6-7-14(11(2)8-10)18-16(19)15-13-5-3-4-12(13)9-17-15/h10-15,17H,3-9H2,1-2H3,(H,18,19). The van der Waals surface area contributed by atoms with Crippen molar-refractivity contribution >= 4 is 5.91 Å². The molecule has 0 aromatic carbocycles. The molecule has 0 radical (unpaired) electrons. The van der Waals surface area contributed by atoms with Crippen LogP contribution in [0.25, 0.3) is 0 Å². The zero-order chi connectivity index (χ0) is 13.4. The van der Waals surface area contributed by atoms with E-state index in [1.165, 1.54) is 32.1 Å². The van der Waals surface area contributed by atoms with Gasteiger partial charge in [0.05, 0.1) is 6.04 Å². The van der Waals surface area contributed by atoms with Gasteiger partial charge in [0.25, 0.3) is 0 Å². The predicted octanol–water partition coefficient (Wildman–Crippen LogP) is 2.32. The molecule has 6 unspecified atom stereocenters. The Hall–Kier alpha value is -0.570. The fourth-order valence-corrected chi connectivity index (χ4v) is 4.63. The van der Waals surface area contributed by atoms with E-state index in [0.29, 0.717) is 17.9 Å². The van der Waals surface area contributed by atoms with Crippen LogP contribution in [0.2, 0.25) is 0 Å². The molecule has 0 aromatic heterocycles. The van der Waals surface area contributed by atoms with Crippen molar-refractivity contribution in [3.05, 3.63) is 0 Å². The average molecular weight is 264 g/mol. The Morgan fingerprint density at radius 2 is 2.00 bits per heavy atom. The number of hydrogen-bond donors (Lipinski definition) is 2. The topological polar surface area (TPSA) is 41.1 Å². The van der Waals surface area contributed by atoms with Gasteiger partial charge in [-0.05, 0) is 62.3 Å². The van der Waals surface area contributed by atoms with Gasteiger partial charge in [-0.25, -0.2) is 0 Å². The van der Waals surface area contributed by atoms with E-state index in [2.05, 4.69) is 24.5 Å². The van der Waals surface area contributed by atoms with Crippen LogP contribution in [-0.4, -0.2) is 24.5 Å². The van der Waals surface area contributed by atoms with E-state index in [9.17, 15) is 4.79 Å². The number of nitrogens with one attached hydrogen (secondary N) is 2. The summed E-state index contributed by atoms with van der Waals surface area (Å²) < 4.78 is 0. The Labute approximate surface area is 116 Å². The fraction of sp³-hybridized carbons (Fsp3) is 0.938. The monoisotopic (exact) mass is 264 g/mol. The third-order valence-electron chi connectivity index (χ3n) is 5.79. The van der Waals surface area contributed by atoms with Gasteiger partial charge in [0, 0.05) is 6.04 Å². The molecule has 1 saturated heterocycles. The van der Waals surface area contributed by atoms with Gasteiger partial charge in [-0.1, -0.05) is 20.3 Å². The summed E-state index contributed by atoms with van der Waals surface area (Å²) in [5, 5.41) is 6.80. The van der Waals surface area contributed by atoms with Crippen LogP contribution < -0.4 is 10.6 Å². The molecule has 3 fully saturated rings. The second-order valence-corrected chi connectivity index (χ2v) is 7.25. The molecule has 108 valence electrons. The van der Waals surface area contributed by atoms with Crippen molar-refractivity contribution in [2.75, 3.05) is 6.54 Å². The van der Waals surface area contributed by atoms with E-state index >= 15 is 0 Å². The molecular formula is C16H28N2O. The second-order valence-electron chi connectivity index (χ2n) is 7.25. The molecule has 19 heavy (non-hydrogen) atoms. The molecule has 2 N–H and O–H groups in total. The number of hydrogen-bond acceptors (Lipinski definition) is 2. The molecule has 0 bridgehead atoms. The van der Waals surface area contributed by atoms with Crippen LogP contribution >= 0.6 is 0 Å². The number of amides is 1. The largest absolute Gasteiger partial charge is 0.352 e. The van der Waals surface area contributed by atoms with Crippen molar-refractivity contribution in [3.8, 4) is 0 Å².